The van der Waals surface area contributed by atoms with Crippen molar-refractivity contribution in [2.24, 2.45) is 0 Å². The number of rotatable bonds is 6. The van der Waals surface area contributed by atoms with Crippen LogP contribution in [0.5, 0.6) is 17.2 Å². The summed E-state index contributed by atoms with van der Waals surface area (Å²) in [5, 5.41) is 0.830. The van der Waals surface area contributed by atoms with Crippen LogP contribution < -0.4 is 14.2 Å². The summed E-state index contributed by atoms with van der Waals surface area (Å²) in [4.78, 5) is 44.5. The highest BCUT2D eigenvalue weighted by atomic mass is 16.6. The molecule has 1 saturated heterocycles. The first-order valence-corrected chi connectivity index (χ1v) is 12.5. The predicted molar refractivity (Wildman–Crippen MR) is 137 cm³/mol. The minimum Gasteiger partial charge on any atom is -0.496 e. The number of aromatic nitrogens is 1. The molecule has 38 heavy (non-hydrogen) atoms. The second kappa shape index (κ2) is 9.92. The smallest absolute Gasteiger partial charge is 0.418 e. The lowest BCUT2D eigenvalue weighted by molar-refractivity contribution is -0.149. The summed E-state index contributed by atoms with van der Waals surface area (Å²) in [5.41, 5.74) is 1.12. The second-order valence-electron chi connectivity index (χ2n) is 9.26. The van der Waals surface area contributed by atoms with Gasteiger partial charge in [-0.25, -0.2) is 9.59 Å². The Labute approximate surface area is 219 Å². The summed E-state index contributed by atoms with van der Waals surface area (Å²) < 4.78 is 27.8. The first-order valence-electron chi connectivity index (χ1n) is 12.5. The van der Waals surface area contributed by atoms with Crippen LogP contribution >= 0.6 is 0 Å². The summed E-state index contributed by atoms with van der Waals surface area (Å²) in [7, 11) is 4.57. The van der Waals surface area contributed by atoms with E-state index in [1.165, 1.54) is 26.2 Å². The molecule has 3 heterocycles. The monoisotopic (exact) mass is 522 g/mol. The lowest BCUT2D eigenvalue weighted by Gasteiger charge is -2.34. The summed E-state index contributed by atoms with van der Waals surface area (Å²) in [5.74, 6) is 0.165. The Bertz CT molecular complexity index is 1390. The van der Waals surface area contributed by atoms with Gasteiger partial charge >= 0.3 is 18.0 Å². The summed E-state index contributed by atoms with van der Waals surface area (Å²) >= 11 is 0. The molecule has 2 aliphatic heterocycles. The molecule has 0 spiro atoms. The summed E-state index contributed by atoms with van der Waals surface area (Å²) in [6.07, 6.45) is 0.0798. The average Bonchev–Trinajstić information content (AvgIpc) is 3.44. The maximum absolute atomic E-state index is 14.2. The topological polar surface area (TPSA) is 116 Å². The van der Waals surface area contributed by atoms with Crippen molar-refractivity contribution in [3.8, 4) is 17.2 Å². The number of hydrogen-bond donors (Lipinski definition) is 1. The van der Waals surface area contributed by atoms with Gasteiger partial charge in [-0.2, -0.15) is 0 Å². The first-order chi connectivity index (χ1) is 18.4. The number of fused-ring (bicyclic) bond motifs is 4. The van der Waals surface area contributed by atoms with E-state index in [9.17, 15) is 14.4 Å². The normalized spacial score (nSPS) is 21.1. The molecule has 1 aromatic heterocycles. The molecule has 1 fully saturated rings. The van der Waals surface area contributed by atoms with Gasteiger partial charge in [-0.05, 0) is 31.4 Å². The zero-order chi connectivity index (χ0) is 27.0. The maximum atomic E-state index is 14.2. The van der Waals surface area contributed by atoms with Gasteiger partial charge in [-0.3, -0.25) is 9.69 Å². The minimum atomic E-state index is -1.42. The lowest BCUT2D eigenvalue weighted by atomic mass is 9.71. The molecule has 2 aromatic carbocycles. The number of hydrogen-bond acceptors (Lipinski definition) is 8. The Kier molecular flexibility index (Phi) is 6.64. The number of methoxy groups -OCH3 is 3. The van der Waals surface area contributed by atoms with Gasteiger partial charge in [0.05, 0.1) is 33.5 Å². The lowest BCUT2D eigenvalue weighted by Crippen LogP contribution is -2.41. The van der Waals surface area contributed by atoms with Crippen LogP contribution in [0.1, 0.15) is 36.6 Å². The number of H-pyrrole nitrogens is 1. The van der Waals surface area contributed by atoms with E-state index in [0.717, 1.165) is 16.5 Å². The van der Waals surface area contributed by atoms with Gasteiger partial charge in [0, 0.05) is 41.7 Å². The zero-order valence-corrected chi connectivity index (χ0v) is 21.8. The van der Waals surface area contributed by atoms with E-state index < -0.39 is 29.5 Å². The third-order valence-electron chi connectivity index (χ3n) is 7.43. The molecule has 200 valence electrons. The number of benzene rings is 2. The highest BCUT2D eigenvalue weighted by Gasteiger charge is 2.52. The van der Waals surface area contributed by atoms with Crippen LogP contribution in [0.3, 0.4) is 0 Å². The van der Waals surface area contributed by atoms with Crippen molar-refractivity contribution >= 4 is 28.9 Å². The quantitative estimate of drug-likeness (QED) is 0.385. The van der Waals surface area contributed by atoms with Gasteiger partial charge < -0.3 is 28.7 Å². The molecule has 1 amide bonds. The molecular formula is C28H30N2O8. The second-order valence-corrected chi connectivity index (χ2v) is 9.26. The Morgan fingerprint density at radius 2 is 1.82 bits per heavy atom. The number of aromatic amines is 1. The van der Waals surface area contributed by atoms with Gasteiger partial charge in [0.15, 0.2) is 0 Å². The number of carbonyl (C=O) groups excluding carboxylic acids is 3. The molecule has 3 aromatic rings. The predicted octanol–water partition coefficient (Wildman–Crippen LogP) is 3.73. The number of para-hydroxylation sites is 1. The molecule has 0 radical (unpaired) electrons. The molecule has 0 unspecified atom stereocenters. The van der Waals surface area contributed by atoms with Gasteiger partial charge in [0.1, 0.15) is 28.7 Å². The summed E-state index contributed by atoms with van der Waals surface area (Å²) in [6, 6.07) is 10.2. The Morgan fingerprint density at radius 1 is 1.11 bits per heavy atom. The summed E-state index contributed by atoms with van der Waals surface area (Å²) in [6.45, 7) is 2.12. The molecule has 10 nitrogen and oxygen atoms in total. The van der Waals surface area contributed by atoms with Crippen molar-refractivity contribution in [2.75, 3.05) is 34.5 Å². The third kappa shape index (κ3) is 3.82. The van der Waals surface area contributed by atoms with Crippen LogP contribution in [0.25, 0.3) is 10.9 Å². The highest BCUT2D eigenvalue weighted by Crippen LogP contribution is 2.51. The number of amides is 1. The number of nitrogens with zero attached hydrogens (tertiary/aromatic N) is 1. The first kappa shape index (κ1) is 25.4. The van der Waals surface area contributed by atoms with Crippen LogP contribution in [-0.2, 0) is 30.9 Å². The van der Waals surface area contributed by atoms with E-state index in [4.69, 9.17) is 23.7 Å². The van der Waals surface area contributed by atoms with Crippen LogP contribution in [-0.4, -0.2) is 68.4 Å². The Hall–Kier alpha value is -4.21. The molecule has 2 atom stereocenters. The van der Waals surface area contributed by atoms with Crippen molar-refractivity contribution in [3.05, 3.63) is 53.2 Å². The van der Waals surface area contributed by atoms with Crippen LogP contribution in [0.2, 0.25) is 0 Å². The zero-order valence-electron chi connectivity index (χ0n) is 21.8. The fourth-order valence-corrected chi connectivity index (χ4v) is 5.75. The van der Waals surface area contributed by atoms with E-state index in [1.54, 1.807) is 19.1 Å². The number of cyclic esters (lactones) is 2. The van der Waals surface area contributed by atoms with Crippen LogP contribution in [0, 0.1) is 0 Å². The minimum absolute atomic E-state index is 0.149. The van der Waals surface area contributed by atoms with E-state index >= 15 is 0 Å². The fourth-order valence-electron chi connectivity index (χ4n) is 5.75. The highest BCUT2D eigenvalue weighted by molar-refractivity contribution is 5.98. The maximum Gasteiger partial charge on any atom is 0.418 e. The molecule has 0 saturated carbocycles. The van der Waals surface area contributed by atoms with Crippen molar-refractivity contribution in [3.63, 3.8) is 0 Å². The number of carbonyl (C=O) groups is 3. The average molecular weight is 523 g/mol. The van der Waals surface area contributed by atoms with E-state index in [2.05, 4.69) is 4.98 Å². The standard InChI is InChI=1S/C28H30N2O8/c1-5-37-26(32)28(23-21(35-3)13-16(34-2)14-22(23)36-4)11-8-12-30-20(25(31)38-27(30)33)15-18-17-9-6-7-10-19(17)29-24(18)28/h6-7,9-10,13-14,20,29H,5,8,11-12,15H2,1-4H3/t20-,28-/m0/s1. The SMILES string of the molecule is CCOC(=O)[C@]1(c2c(OC)cc(OC)cc2OC)CCCN2C(=O)OC(=O)[C@@H]2Cc2c1[nH]c1ccccc21. The van der Waals surface area contributed by atoms with Crippen molar-refractivity contribution < 1.29 is 38.1 Å². The van der Waals surface area contributed by atoms with Crippen molar-refractivity contribution in [1.29, 1.82) is 0 Å². The van der Waals surface area contributed by atoms with E-state index in [1.807, 2.05) is 24.3 Å². The fraction of sp³-hybridized carbons (Fsp3) is 0.393. The van der Waals surface area contributed by atoms with E-state index in [0.29, 0.717) is 34.9 Å². The van der Waals surface area contributed by atoms with Crippen molar-refractivity contribution in [2.45, 2.75) is 37.6 Å². The van der Waals surface area contributed by atoms with Gasteiger partial charge in [-0.15, -0.1) is 0 Å². The number of ether oxygens (including phenoxy) is 5. The number of esters is 2. The van der Waals surface area contributed by atoms with E-state index in [-0.39, 0.29) is 26.0 Å². The molecule has 10 heteroatoms. The number of nitrogens with one attached hydrogen (secondary N) is 1. The molecule has 1 N–H and O–H groups in total. The largest absolute Gasteiger partial charge is 0.496 e. The molecule has 5 rings (SSSR count). The van der Waals surface area contributed by atoms with Crippen LogP contribution in [0.4, 0.5) is 4.79 Å². The molecule has 0 bridgehead atoms. The molecule has 2 aliphatic rings. The van der Waals surface area contributed by atoms with Gasteiger partial charge in [-0.1, -0.05) is 18.2 Å². The third-order valence-corrected chi connectivity index (χ3v) is 7.43. The molecule has 0 aliphatic carbocycles. The Balaban J connectivity index is 1.88. The van der Waals surface area contributed by atoms with Gasteiger partial charge in [0.25, 0.3) is 0 Å². The Morgan fingerprint density at radius 3 is 2.47 bits per heavy atom. The van der Waals surface area contributed by atoms with Gasteiger partial charge in [0.2, 0.25) is 0 Å². The van der Waals surface area contributed by atoms with Crippen molar-refractivity contribution in [1.82, 2.24) is 9.88 Å². The molecular weight excluding hydrogens is 492 g/mol. The van der Waals surface area contributed by atoms with Crippen LogP contribution in [0.15, 0.2) is 36.4 Å².